The van der Waals surface area contributed by atoms with Crippen molar-refractivity contribution in [2.45, 2.75) is 11.8 Å². The van der Waals surface area contributed by atoms with E-state index in [1.807, 2.05) is 24.3 Å². The van der Waals surface area contributed by atoms with E-state index in [2.05, 4.69) is 0 Å². The number of ether oxygens (including phenoxy) is 1. The molecule has 0 bridgehead atoms. The maximum Gasteiger partial charge on any atom is 0.160 e. The molecule has 1 aliphatic heterocycles. The molecule has 1 heterocycles. The smallest absolute Gasteiger partial charge is 0.160 e. The Labute approximate surface area is 80.6 Å². The fraction of sp³-hybridized carbons (Fsp3) is 0.100. The Balaban J connectivity index is 2.42. The van der Waals surface area contributed by atoms with E-state index < -0.39 is 0 Å². The van der Waals surface area contributed by atoms with Crippen LogP contribution in [0.1, 0.15) is 6.92 Å². The van der Waals surface area contributed by atoms with Crippen molar-refractivity contribution in [2.75, 3.05) is 0 Å². The molecule has 1 aromatic carbocycles. The van der Waals surface area contributed by atoms with Crippen molar-refractivity contribution in [3.8, 4) is 5.75 Å². The first-order valence-electron chi connectivity index (χ1n) is 3.92. The van der Waals surface area contributed by atoms with E-state index in [4.69, 9.17) is 4.74 Å². The molecule has 2 rings (SSSR count). The minimum Gasteiger partial charge on any atom is -0.460 e. The van der Waals surface area contributed by atoms with Gasteiger partial charge in [-0.25, -0.2) is 0 Å². The lowest BCUT2D eigenvalue weighted by Gasteiger charge is -2.17. The van der Waals surface area contributed by atoms with E-state index in [-0.39, 0.29) is 0 Å². The van der Waals surface area contributed by atoms with Gasteiger partial charge in [-0.3, -0.25) is 4.79 Å². The van der Waals surface area contributed by atoms with Crippen LogP contribution in [0, 0.1) is 0 Å². The first kappa shape index (κ1) is 8.38. The van der Waals surface area contributed by atoms with Gasteiger partial charge in [-0.1, -0.05) is 23.9 Å². The molecule has 0 radical (unpaired) electrons. The van der Waals surface area contributed by atoms with Gasteiger partial charge in [0.05, 0.1) is 9.80 Å². The summed E-state index contributed by atoms with van der Waals surface area (Å²) in [5.74, 6) is 1.51. The highest BCUT2D eigenvalue weighted by atomic mass is 32.2. The van der Waals surface area contributed by atoms with Crippen molar-refractivity contribution in [1.29, 1.82) is 0 Å². The van der Waals surface area contributed by atoms with Gasteiger partial charge in [-0.15, -0.1) is 0 Å². The summed E-state index contributed by atoms with van der Waals surface area (Å²) < 4.78 is 5.46. The second-order valence-corrected chi connectivity index (χ2v) is 3.77. The van der Waals surface area contributed by atoms with Gasteiger partial charge in [0.2, 0.25) is 0 Å². The second-order valence-electron chi connectivity index (χ2n) is 2.69. The van der Waals surface area contributed by atoms with Gasteiger partial charge in [0.1, 0.15) is 11.5 Å². The molecule has 0 fully saturated rings. The molecule has 1 aromatic rings. The Morgan fingerprint density at radius 3 is 2.92 bits per heavy atom. The Bertz CT molecular complexity index is 382. The molecule has 0 aliphatic carbocycles. The number of hydrogen-bond donors (Lipinski definition) is 0. The normalized spacial score (nSPS) is 14.8. The molecule has 0 spiro atoms. The number of thioether (sulfide) groups is 1. The molecule has 0 N–H and O–H groups in total. The highest BCUT2D eigenvalue weighted by Crippen LogP contribution is 2.39. The fourth-order valence-electron chi connectivity index (χ4n) is 1.13. The average Bonchev–Trinajstić information content (AvgIpc) is 2.17. The summed E-state index contributed by atoms with van der Waals surface area (Å²) >= 11 is 1.45. The van der Waals surface area contributed by atoms with Gasteiger partial charge in [-0.2, -0.15) is 0 Å². The Hall–Kier alpha value is -1.22. The molecule has 0 atom stereocenters. The van der Waals surface area contributed by atoms with E-state index >= 15 is 0 Å². The Kier molecular flexibility index (Phi) is 2.10. The zero-order valence-corrected chi connectivity index (χ0v) is 7.93. The van der Waals surface area contributed by atoms with Crippen molar-refractivity contribution in [1.82, 2.24) is 0 Å². The lowest BCUT2D eigenvalue weighted by Crippen LogP contribution is -2.01. The largest absolute Gasteiger partial charge is 0.460 e. The monoisotopic (exact) mass is 192 g/mol. The minimum atomic E-state index is 0.652. The molecule has 0 amide bonds. The summed E-state index contributed by atoms with van der Waals surface area (Å²) in [5, 5.41) is 0. The third-order valence-corrected chi connectivity index (χ3v) is 2.95. The number of aldehydes is 1. The van der Waals surface area contributed by atoms with Gasteiger partial charge in [0, 0.05) is 0 Å². The molecule has 13 heavy (non-hydrogen) atoms. The third-order valence-electron chi connectivity index (χ3n) is 1.79. The van der Waals surface area contributed by atoms with E-state index in [0.29, 0.717) is 10.7 Å². The van der Waals surface area contributed by atoms with Crippen LogP contribution in [0.25, 0.3) is 0 Å². The van der Waals surface area contributed by atoms with E-state index in [1.165, 1.54) is 11.8 Å². The van der Waals surface area contributed by atoms with Crippen molar-refractivity contribution < 1.29 is 9.53 Å². The van der Waals surface area contributed by atoms with Crippen LogP contribution in [0.15, 0.2) is 39.8 Å². The maximum absolute atomic E-state index is 10.6. The SMILES string of the molecule is CC1=C(C=O)Sc2ccccc2O1. The predicted octanol–water partition coefficient (Wildman–Crippen LogP) is 2.60. The van der Waals surface area contributed by atoms with Gasteiger partial charge in [0.15, 0.2) is 6.29 Å². The first-order valence-corrected chi connectivity index (χ1v) is 4.73. The van der Waals surface area contributed by atoms with E-state index in [9.17, 15) is 4.79 Å². The lowest BCUT2D eigenvalue weighted by atomic mass is 10.3. The summed E-state index contributed by atoms with van der Waals surface area (Å²) in [4.78, 5) is 12.3. The molecule has 0 aromatic heterocycles. The number of hydrogen-bond acceptors (Lipinski definition) is 3. The van der Waals surface area contributed by atoms with Gasteiger partial charge >= 0.3 is 0 Å². The predicted molar refractivity (Wildman–Crippen MR) is 51.7 cm³/mol. The van der Waals surface area contributed by atoms with Crippen LogP contribution in [-0.4, -0.2) is 6.29 Å². The zero-order chi connectivity index (χ0) is 9.26. The standard InChI is InChI=1S/C10H8O2S/c1-7-10(6-11)13-9-5-3-2-4-8(9)12-7/h2-6H,1H3. The lowest BCUT2D eigenvalue weighted by molar-refractivity contribution is -0.104. The quantitative estimate of drug-likeness (QED) is 0.640. The molecule has 1 aliphatic rings. The van der Waals surface area contributed by atoms with Crippen LogP contribution in [0.4, 0.5) is 0 Å². The van der Waals surface area contributed by atoms with Crippen LogP contribution in [0.3, 0.4) is 0 Å². The molecular formula is C10H8O2S. The van der Waals surface area contributed by atoms with Crippen LogP contribution in [0.5, 0.6) is 5.75 Å². The third kappa shape index (κ3) is 1.47. The molecular weight excluding hydrogens is 184 g/mol. The van der Waals surface area contributed by atoms with Crippen molar-refractivity contribution >= 4 is 18.0 Å². The van der Waals surface area contributed by atoms with E-state index in [1.54, 1.807) is 6.92 Å². The zero-order valence-electron chi connectivity index (χ0n) is 7.11. The van der Waals surface area contributed by atoms with Crippen molar-refractivity contribution in [3.63, 3.8) is 0 Å². The van der Waals surface area contributed by atoms with Crippen LogP contribution < -0.4 is 4.74 Å². The minimum absolute atomic E-state index is 0.652. The van der Waals surface area contributed by atoms with Crippen LogP contribution >= 0.6 is 11.8 Å². The summed E-state index contributed by atoms with van der Waals surface area (Å²) in [7, 11) is 0. The molecule has 3 heteroatoms. The summed E-state index contributed by atoms with van der Waals surface area (Å²) in [6.07, 6.45) is 0.829. The summed E-state index contributed by atoms with van der Waals surface area (Å²) in [6.45, 7) is 1.80. The number of allylic oxidation sites excluding steroid dienone is 2. The number of fused-ring (bicyclic) bond motifs is 1. The van der Waals surface area contributed by atoms with Gasteiger partial charge in [-0.05, 0) is 19.1 Å². The number of carbonyl (C=O) groups excluding carboxylic acids is 1. The maximum atomic E-state index is 10.6. The second kappa shape index (κ2) is 3.26. The number of para-hydroxylation sites is 1. The van der Waals surface area contributed by atoms with Crippen molar-refractivity contribution in [2.24, 2.45) is 0 Å². The molecule has 66 valence electrons. The van der Waals surface area contributed by atoms with Crippen LogP contribution in [-0.2, 0) is 4.79 Å². The van der Waals surface area contributed by atoms with Gasteiger partial charge in [0.25, 0.3) is 0 Å². The Morgan fingerprint density at radius 1 is 1.38 bits per heavy atom. The number of benzene rings is 1. The van der Waals surface area contributed by atoms with Gasteiger partial charge < -0.3 is 4.74 Å². The summed E-state index contributed by atoms with van der Waals surface area (Å²) in [6, 6.07) is 7.68. The highest BCUT2D eigenvalue weighted by molar-refractivity contribution is 8.04. The van der Waals surface area contributed by atoms with Crippen LogP contribution in [0.2, 0.25) is 0 Å². The number of carbonyl (C=O) groups is 1. The average molecular weight is 192 g/mol. The number of rotatable bonds is 1. The summed E-state index contributed by atoms with van der Waals surface area (Å²) in [5.41, 5.74) is 0. The molecule has 0 saturated carbocycles. The Morgan fingerprint density at radius 2 is 2.15 bits per heavy atom. The fourth-order valence-corrected chi connectivity index (χ4v) is 1.96. The molecule has 0 unspecified atom stereocenters. The molecule has 0 saturated heterocycles. The highest BCUT2D eigenvalue weighted by Gasteiger charge is 2.16. The van der Waals surface area contributed by atoms with Crippen molar-refractivity contribution in [3.05, 3.63) is 34.9 Å². The first-order chi connectivity index (χ1) is 6.31. The molecule has 2 nitrogen and oxygen atoms in total. The topological polar surface area (TPSA) is 26.3 Å². The van der Waals surface area contributed by atoms with E-state index in [0.717, 1.165) is 16.9 Å².